The van der Waals surface area contributed by atoms with Gasteiger partial charge in [0, 0.05) is 10.9 Å². The van der Waals surface area contributed by atoms with Crippen LogP contribution in [0.3, 0.4) is 0 Å². The van der Waals surface area contributed by atoms with Crippen LogP contribution in [0.5, 0.6) is 0 Å². The quantitative estimate of drug-likeness (QED) is 0.826. The van der Waals surface area contributed by atoms with E-state index < -0.39 is 0 Å². The number of carbonyl (C=O) groups is 1. The van der Waals surface area contributed by atoms with E-state index in [2.05, 4.69) is 40.3 Å². The van der Waals surface area contributed by atoms with Crippen molar-refractivity contribution in [2.75, 3.05) is 5.32 Å². The highest BCUT2D eigenvalue weighted by Crippen LogP contribution is 2.25. The molecular weight excluding hydrogens is 338 g/mol. The molecule has 4 heteroatoms. The zero-order chi connectivity index (χ0) is 14.5. The first-order chi connectivity index (χ1) is 9.56. The lowest BCUT2D eigenvalue weighted by molar-refractivity contribution is -0.116. The Kier molecular flexibility index (Phi) is 5.21. The molecule has 0 saturated carbocycles. The maximum absolute atomic E-state index is 12.0. The second-order valence-electron chi connectivity index (χ2n) is 4.60. The number of nitrogens with one attached hydrogen (secondary N) is 1. The molecular formula is C16H15BrClNO. The number of hydrogen-bond donors (Lipinski definition) is 1. The van der Waals surface area contributed by atoms with E-state index in [0.29, 0.717) is 17.1 Å². The molecule has 2 nitrogen and oxygen atoms in total. The van der Waals surface area contributed by atoms with Crippen molar-refractivity contribution in [3.63, 3.8) is 0 Å². The summed E-state index contributed by atoms with van der Waals surface area (Å²) in [6.45, 7) is 2.05. The van der Waals surface area contributed by atoms with E-state index in [9.17, 15) is 4.79 Å². The number of rotatable bonds is 4. The van der Waals surface area contributed by atoms with Gasteiger partial charge in [-0.3, -0.25) is 4.79 Å². The largest absolute Gasteiger partial charge is 0.325 e. The average Bonchev–Trinajstić information content (AvgIpc) is 2.42. The maximum atomic E-state index is 12.0. The Morgan fingerprint density at radius 2 is 2.00 bits per heavy atom. The summed E-state index contributed by atoms with van der Waals surface area (Å²) in [7, 11) is 0. The molecule has 0 atom stereocenters. The molecule has 104 valence electrons. The van der Waals surface area contributed by atoms with Crippen LogP contribution in [0.15, 0.2) is 46.9 Å². The molecule has 1 N–H and O–H groups in total. The minimum atomic E-state index is -0.0340. The molecule has 20 heavy (non-hydrogen) atoms. The van der Waals surface area contributed by atoms with Crippen LogP contribution in [-0.2, 0) is 11.2 Å². The molecule has 0 aliphatic rings. The van der Waals surface area contributed by atoms with Gasteiger partial charge in [0.2, 0.25) is 5.91 Å². The van der Waals surface area contributed by atoms with E-state index in [0.717, 1.165) is 10.9 Å². The second-order valence-corrected chi connectivity index (χ2v) is 5.92. The van der Waals surface area contributed by atoms with Crippen molar-refractivity contribution in [2.24, 2.45) is 0 Å². The average molecular weight is 353 g/mol. The van der Waals surface area contributed by atoms with Crippen LogP contribution in [0.1, 0.15) is 17.5 Å². The minimum Gasteiger partial charge on any atom is -0.325 e. The fraction of sp³-hybridized carbons (Fsp3) is 0.188. The fourth-order valence-electron chi connectivity index (χ4n) is 1.94. The Bertz CT molecular complexity index is 628. The van der Waals surface area contributed by atoms with Gasteiger partial charge in [-0.1, -0.05) is 51.8 Å². The Hall–Kier alpha value is -1.32. The molecule has 0 saturated heterocycles. The second kappa shape index (κ2) is 6.91. The van der Waals surface area contributed by atoms with Gasteiger partial charge in [-0.05, 0) is 42.7 Å². The van der Waals surface area contributed by atoms with E-state index >= 15 is 0 Å². The van der Waals surface area contributed by atoms with Crippen molar-refractivity contribution in [2.45, 2.75) is 19.8 Å². The van der Waals surface area contributed by atoms with Crippen LogP contribution in [0.2, 0.25) is 5.02 Å². The van der Waals surface area contributed by atoms with Crippen LogP contribution in [0.25, 0.3) is 0 Å². The molecule has 0 spiro atoms. The summed E-state index contributed by atoms with van der Waals surface area (Å²) in [5.41, 5.74) is 3.04. The monoisotopic (exact) mass is 351 g/mol. The van der Waals surface area contributed by atoms with E-state index in [1.807, 2.05) is 18.2 Å². The van der Waals surface area contributed by atoms with E-state index in [1.54, 1.807) is 12.1 Å². The molecule has 0 radical (unpaired) electrons. The zero-order valence-electron chi connectivity index (χ0n) is 11.1. The first-order valence-electron chi connectivity index (χ1n) is 6.35. The molecule has 0 aliphatic carbocycles. The first-order valence-corrected chi connectivity index (χ1v) is 7.53. The summed E-state index contributed by atoms with van der Waals surface area (Å²) in [6.07, 6.45) is 1.16. The van der Waals surface area contributed by atoms with Crippen LogP contribution in [0.4, 0.5) is 5.69 Å². The minimum absolute atomic E-state index is 0.0340. The van der Waals surface area contributed by atoms with Crippen molar-refractivity contribution in [3.05, 3.63) is 63.1 Å². The highest BCUT2D eigenvalue weighted by molar-refractivity contribution is 9.10. The topological polar surface area (TPSA) is 29.1 Å². The van der Waals surface area contributed by atoms with Crippen LogP contribution in [-0.4, -0.2) is 5.91 Å². The van der Waals surface area contributed by atoms with Crippen molar-refractivity contribution in [3.8, 4) is 0 Å². The van der Waals surface area contributed by atoms with E-state index in [-0.39, 0.29) is 5.91 Å². The van der Waals surface area contributed by atoms with Gasteiger partial charge < -0.3 is 5.32 Å². The van der Waals surface area contributed by atoms with E-state index in [4.69, 9.17) is 11.6 Å². The highest BCUT2D eigenvalue weighted by atomic mass is 79.9. The third-order valence-corrected chi connectivity index (χ3v) is 3.91. The lowest BCUT2D eigenvalue weighted by atomic mass is 10.0. The SMILES string of the molecule is Cc1ccccc1CCC(=O)Nc1cc(Br)ccc1Cl. The molecule has 0 unspecified atom stereocenters. The van der Waals surface area contributed by atoms with Crippen LogP contribution < -0.4 is 5.32 Å². The first kappa shape index (κ1) is 15.1. The normalized spacial score (nSPS) is 10.3. The van der Waals surface area contributed by atoms with Crippen LogP contribution in [0, 0.1) is 6.92 Å². The predicted molar refractivity (Wildman–Crippen MR) is 87.3 cm³/mol. The predicted octanol–water partition coefficient (Wildman–Crippen LogP) is 4.98. The van der Waals surface area contributed by atoms with Gasteiger partial charge >= 0.3 is 0 Å². The Labute approximate surface area is 132 Å². The molecule has 0 bridgehead atoms. The number of carbonyl (C=O) groups excluding carboxylic acids is 1. The summed E-state index contributed by atoms with van der Waals surface area (Å²) in [4.78, 5) is 12.0. The van der Waals surface area contributed by atoms with Gasteiger partial charge in [0.05, 0.1) is 10.7 Å². The molecule has 0 aliphatic heterocycles. The molecule has 0 heterocycles. The number of amides is 1. The van der Waals surface area contributed by atoms with Crippen molar-refractivity contribution in [1.29, 1.82) is 0 Å². The van der Waals surface area contributed by atoms with Crippen molar-refractivity contribution >= 4 is 39.1 Å². The molecule has 2 rings (SSSR count). The smallest absolute Gasteiger partial charge is 0.224 e. The van der Waals surface area contributed by atoms with Crippen LogP contribution >= 0.6 is 27.5 Å². The lowest BCUT2D eigenvalue weighted by Crippen LogP contribution is -2.13. The van der Waals surface area contributed by atoms with Gasteiger partial charge in [0.1, 0.15) is 0 Å². The Morgan fingerprint density at radius 3 is 2.75 bits per heavy atom. The summed E-state index contributed by atoms with van der Waals surface area (Å²) in [5.74, 6) is -0.0340. The maximum Gasteiger partial charge on any atom is 0.224 e. The lowest BCUT2D eigenvalue weighted by Gasteiger charge is -2.09. The van der Waals surface area contributed by atoms with E-state index in [1.165, 1.54) is 11.1 Å². The molecule has 0 fully saturated rings. The summed E-state index contributed by atoms with van der Waals surface area (Å²) >= 11 is 9.41. The standard InChI is InChI=1S/C16H15BrClNO/c1-11-4-2-3-5-12(11)6-9-16(20)19-15-10-13(17)7-8-14(15)18/h2-5,7-8,10H,6,9H2,1H3,(H,19,20). The van der Waals surface area contributed by atoms with Gasteiger partial charge in [0.15, 0.2) is 0 Å². The fourth-order valence-corrected chi connectivity index (χ4v) is 2.47. The Balaban J connectivity index is 1.96. The number of halogens is 2. The zero-order valence-corrected chi connectivity index (χ0v) is 13.5. The number of anilines is 1. The summed E-state index contributed by atoms with van der Waals surface area (Å²) in [5, 5.41) is 3.38. The van der Waals surface area contributed by atoms with Crippen molar-refractivity contribution in [1.82, 2.24) is 0 Å². The summed E-state index contributed by atoms with van der Waals surface area (Å²) in [6, 6.07) is 13.5. The Morgan fingerprint density at radius 1 is 1.25 bits per heavy atom. The summed E-state index contributed by atoms with van der Waals surface area (Å²) < 4.78 is 0.885. The van der Waals surface area contributed by atoms with Gasteiger partial charge in [-0.25, -0.2) is 0 Å². The highest BCUT2D eigenvalue weighted by Gasteiger charge is 2.07. The third-order valence-electron chi connectivity index (χ3n) is 3.09. The van der Waals surface area contributed by atoms with Gasteiger partial charge in [0.25, 0.3) is 0 Å². The van der Waals surface area contributed by atoms with Gasteiger partial charge in [-0.15, -0.1) is 0 Å². The molecule has 2 aromatic rings. The number of benzene rings is 2. The number of hydrogen-bond acceptors (Lipinski definition) is 1. The molecule has 1 amide bonds. The third kappa shape index (κ3) is 4.09. The molecule has 0 aromatic heterocycles. The number of aryl methyl sites for hydroxylation is 2. The van der Waals surface area contributed by atoms with Gasteiger partial charge in [-0.2, -0.15) is 0 Å². The van der Waals surface area contributed by atoms with Crippen molar-refractivity contribution < 1.29 is 4.79 Å². The molecule has 2 aromatic carbocycles.